The SMILES string of the molecule is C=Cc1ccc(C2(N)CC2)cc1. The van der Waals surface area contributed by atoms with Crippen LogP contribution < -0.4 is 5.73 Å². The van der Waals surface area contributed by atoms with Crippen LogP contribution in [0.4, 0.5) is 0 Å². The zero-order valence-corrected chi connectivity index (χ0v) is 7.09. The van der Waals surface area contributed by atoms with Crippen LogP contribution in [0.15, 0.2) is 30.8 Å². The standard InChI is InChI=1S/C11H13N/c1-2-9-3-5-10(6-4-9)11(12)7-8-11/h2-6H,1,7-8,12H2. The average molecular weight is 159 g/mol. The van der Waals surface area contributed by atoms with Crippen molar-refractivity contribution < 1.29 is 0 Å². The van der Waals surface area contributed by atoms with Crippen LogP contribution in [0.25, 0.3) is 6.08 Å². The maximum atomic E-state index is 6.03. The van der Waals surface area contributed by atoms with Crippen molar-refractivity contribution >= 4 is 6.08 Å². The molecule has 0 saturated heterocycles. The molecule has 12 heavy (non-hydrogen) atoms. The summed E-state index contributed by atoms with van der Waals surface area (Å²) < 4.78 is 0. The summed E-state index contributed by atoms with van der Waals surface area (Å²) in [5, 5.41) is 0. The summed E-state index contributed by atoms with van der Waals surface area (Å²) >= 11 is 0. The van der Waals surface area contributed by atoms with Gasteiger partial charge in [0.15, 0.2) is 0 Å². The molecule has 0 radical (unpaired) electrons. The summed E-state index contributed by atoms with van der Waals surface area (Å²) in [4.78, 5) is 0. The van der Waals surface area contributed by atoms with Crippen molar-refractivity contribution in [2.75, 3.05) is 0 Å². The second kappa shape index (κ2) is 2.46. The molecule has 1 aliphatic rings. The molecular weight excluding hydrogens is 146 g/mol. The van der Waals surface area contributed by atoms with Gasteiger partial charge in [-0.2, -0.15) is 0 Å². The first-order valence-electron chi connectivity index (χ1n) is 4.26. The highest BCUT2D eigenvalue weighted by Crippen LogP contribution is 2.42. The zero-order valence-electron chi connectivity index (χ0n) is 7.09. The van der Waals surface area contributed by atoms with Crippen LogP contribution in [-0.2, 0) is 5.54 Å². The molecule has 0 amide bonds. The maximum absolute atomic E-state index is 6.03. The molecule has 0 aliphatic heterocycles. The first-order valence-corrected chi connectivity index (χ1v) is 4.26. The largest absolute Gasteiger partial charge is 0.321 e. The van der Waals surface area contributed by atoms with E-state index in [4.69, 9.17) is 5.73 Å². The molecule has 1 aromatic rings. The second-order valence-electron chi connectivity index (χ2n) is 3.48. The van der Waals surface area contributed by atoms with E-state index in [0.717, 1.165) is 18.4 Å². The predicted molar refractivity (Wildman–Crippen MR) is 51.6 cm³/mol. The summed E-state index contributed by atoms with van der Waals surface area (Å²) in [6.45, 7) is 3.71. The minimum atomic E-state index is -0.000298. The van der Waals surface area contributed by atoms with E-state index in [9.17, 15) is 0 Å². The molecule has 2 rings (SSSR count). The lowest BCUT2D eigenvalue weighted by molar-refractivity contribution is 0.740. The Morgan fingerprint density at radius 1 is 1.25 bits per heavy atom. The van der Waals surface area contributed by atoms with E-state index in [1.807, 2.05) is 6.08 Å². The van der Waals surface area contributed by atoms with Gasteiger partial charge in [0.1, 0.15) is 0 Å². The fourth-order valence-corrected chi connectivity index (χ4v) is 1.37. The first kappa shape index (κ1) is 7.56. The minimum absolute atomic E-state index is 0.000298. The van der Waals surface area contributed by atoms with E-state index >= 15 is 0 Å². The van der Waals surface area contributed by atoms with Crippen molar-refractivity contribution in [1.82, 2.24) is 0 Å². The Bertz CT molecular complexity index is 293. The molecule has 1 heteroatoms. The molecule has 0 bridgehead atoms. The van der Waals surface area contributed by atoms with E-state index in [1.54, 1.807) is 0 Å². The van der Waals surface area contributed by atoms with Crippen LogP contribution in [0.3, 0.4) is 0 Å². The monoisotopic (exact) mass is 159 g/mol. The van der Waals surface area contributed by atoms with Crippen molar-refractivity contribution in [2.45, 2.75) is 18.4 Å². The Balaban J connectivity index is 2.30. The van der Waals surface area contributed by atoms with E-state index in [0.29, 0.717) is 0 Å². The molecule has 62 valence electrons. The quantitative estimate of drug-likeness (QED) is 0.703. The van der Waals surface area contributed by atoms with Gasteiger partial charge >= 0.3 is 0 Å². The minimum Gasteiger partial charge on any atom is -0.321 e. The van der Waals surface area contributed by atoms with Crippen LogP contribution in [0, 0.1) is 0 Å². The van der Waals surface area contributed by atoms with Crippen LogP contribution in [0.5, 0.6) is 0 Å². The lowest BCUT2D eigenvalue weighted by Gasteiger charge is -2.08. The Morgan fingerprint density at radius 3 is 2.25 bits per heavy atom. The summed E-state index contributed by atoms with van der Waals surface area (Å²) in [5.41, 5.74) is 8.45. The maximum Gasteiger partial charge on any atom is 0.0411 e. The van der Waals surface area contributed by atoms with Crippen LogP contribution in [0.2, 0.25) is 0 Å². The van der Waals surface area contributed by atoms with Crippen molar-refractivity contribution in [3.05, 3.63) is 42.0 Å². The first-order chi connectivity index (χ1) is 5.74. The van der Waals surface area contributed by atoms with Gasteiger partial charge in [-0.1, -0.05) is 36.9 Å². The lowest BCUT2D eigenvalue weighted by Crippen LogP contribution is -2.18. The molecule has 0 atom stereocenters. The third-order valence-corrected chi connectivity index (χ3v) is 2.51. The smallest absolute Gasteiger partial charge is 0.0411 e. The predicted octanol–water partition coefficient (Wildman–Crippen LogP) is 2.28. The van der Waals surface area contributed by atoms with Gasteiger partial charge in [-0.25, -0.2) is 0 Å². The van der Waals surface area contributed by atoms with Crippen LogP contribution in [0.1, 0.15) is 24.0 Å². The summed E-state index contributed by atoms with van der Waals surface area (Å²) in [5.74, 6) is 0. The third kappa shape index (κ3) is 1.16. The van der Waals surface area contributed by atoms with E-state index < -0.39 is 0 Å². The van der Waals surface area contributed by atoms with Gasteiger partial charge in [0.2, 0.25) is 0 Å². The highest BCUT2D eigenvalue weighted by Gasteiger charge is 2.39. The highest BCUT2D eigenvalue weighted by atomic mass is 14.8. The van der Waals surface area contributed by atoms with Gasteiger partial charge in [0.25, 0.3) is 0 Å². The molecule has 1 aliphatic carbocycles. The molecule has 0 spiro atoms. The summed E-state index contributed by atoms with van der Waals surface area (Å²) in [6.07, 6.45) is 4.10. The molecule has 1 aromatic carbocycles. The van der Waals surface area contributed by atoms with Gasteiger partial charge in [-0.3, -0.25) is 0 Å². The fraction of sp³-hybridized carbons (Fsp3) is 0.273. The van der Waals surface area contributed by atoms with Crippen LogP contribution in [-0.4, -0.2) is 0 Å². The zero-order chi connectivity index (χ0) is 8.60. The summed E-state index contributed by atoms with van der Waals surface area (Å²) in [6, 6.07) is 8.33. The van der Waals surface area contributed by atoms with Gasteiger partial charge in [0.05, 0.1) is 0 Å². The summed E-state index contributed by atoms with van der Waals surface area (Å²) in [7, 11) is 0. The Morgan fingerprint density at radius 2 is 1.83 bits per heavy atom. The van der Waals surface area contributed by atoms with E-state index in [-0.39, 0.29) is 5.54 Å². The van der Waals surface area contributed by atoms with Crippen molar-refractivity contribution in [1.29, 1.82) is 0 Å². The van der Waals surface area contributed by atoms with E-state index in [1.165, 1.54) is 5.56 Å². The molecule has 1 fully saturated rings. The van der Waals surface area contributed by atoms with Crippen molar-refractivity contribution in [3.63, 3.8) is 0 Å². The molecule has 1 nitrogen and oxygen atoms in total. The highest BCUT2D eigenvalue weighted by molar-refractivity contribution is 5.48. The van der Waals surface area contributed by atoms with Gasteiger partial charge in [0, 0.05) is 5.54 Å². The molecular formula is C11H13N. The number of hydrogen-bond donors (Lipinski definition) is 1. The van der Waals surface area contributed by atoms with Gasteiger partial charge in [-0.15, -0.1) is 0 Å². The van der Waals surface area contributed by atoms with E-state index in [2.05, 4.69) is 30.8 Å². The van der Waals surface area contributed by atoms with Crippen LogP contribution >= 0.6 is 0 Å². The number of nitrogens with two attached hydrogens (primary N) is 1. The molecule has 1 saturated carbocycles. The molecule has 0 unspecified atom stereocenters. The lowest BCUT2D eigenvalue weighted by atomic mass is 10.0. The van der Waals surface area contributed by atoms with Crippen molar-refractivity contribution in [3.8, 4) is 0 Å². The second-order valence-corrected chi connectivity index (χ2v) is 3.48. The third-order valence-electron chi connectivity index (χ3n) is 2.51. The fourth-order valence-electron chi connectivity index (χ4n) is 1.37. The van der Waals surface area contributed by atoms with Gasteiger partial charge in [-0.05, 0) is 24.0 Å². The Labute approximate surface area is 72.9 Å². The Kier molecular flexibility index (Phi) is 1.55. The number of hydrogen-bond acceptors (Lipinski definition) is 1. The Hall–Kier alpha value is -1.08. The number of benzene rings is 1. The molecule has 0 aromatic heterocycles. The molecule has 2 N–H and O–H groups in total. The van der Waals surface area contributed by atoms with Gasteiger partial charge < -0.3 is 5.73 Å². The number of rotatable bonds is 2. The topological polar surface area (TPSA) is 26.0 Å². The van der Waals surface area contributed by atoms with Crippen molar-refractivity contribution in [2.24, 2.45) is 5.73 Å². The molecule has 0 heterocycles. The average Bonchev–Trinajstić information content (AvgIpc) is 2.85. The normalized spacial score (nSPS) is 18.8.